The van der Waals surface area contributed by atoms with E-state index >= 15 is 0 Å². The van der Waals surface area contributed by atoms with E-state index in [9.17, 15) is 0 Å². The minimum absolute atomic E-state index is 0.626. The fourth-order valence-corrected chi connectivity index (χ4v) is 8.45. The van der Waals surface area contributed by atoms with Gasteiger partial charge in [0.1, 0.15) is 0 Å². The lowest BCUT2D eigenvalue weighted by Gasteiger charge is -2.18. The standard InChI is InChI=1S/C51H35N5/c1-4-16-34(17-5-1)35-28-30-37(31-29-35)50-52-49(36-18-6-2-7-19-36)53-51(54-50)43-33-47-42(41-24-12-13-25-44(41)55(47)38-20-8-3-9-21-38)32-48(43)56-45-26-14-10-22-39(45)40-23-11-15-27-46(40)56/h1-14,16-26,28-33H,15,27H2. The Balaban J connectivity index is 1.23. The smallest absolute Gasteiger partial charge is 0.166 e. The number of fused-ring (bicyclic) bond motifs is 6. The van der Waals surface area contributed by atoms with Crippen molar-refractivity contribution in [3.8, 4) is 56.7 Å². The van der Waals surface area contributed by atoms with Crippen molar-refractivity contribution in [3.63, 3.8) is 0 Å². The van der Waals surface area contributed by atoms with E-state index in [0.29, 0.717) is 17.5 Å². The number of hydrogen-bond donors (Lipinski definition) is 0. The molecule has 1 aliphatic carbocycles. The summed E-state index contributed by atoms with van der Waals surface area (Å²) in [4.78, 5) is 15.8. The molecule has 56 heavy (non-hydrogen) atoms. The van der Waals surface area contributed by atoms with Crippen molar-refractivity contribution >= 4 is 38.8 Å². The first kappa shape index (κ1) is 32.1. The Kier molecular flexibility index (Phi) is 7.56. The second kappa shape index (κ2) is 13.2. The first-order valence-electron chi connectivity index (χ1n) is 19.2. The summed E-state index contributed by atoms with van der Waals surface area (Å²) in [6.45, 7) is 0. The second-order valence-electron chi connectivity index (χ2n) is 14.3. The summed E-state index contributed by atoms with van der Waals surface area (Å²) in [6, 6.07) is 62.0. The molecule has 264 valence electrons. The molecule has 0 atom stereocenters. The molecule has 5 heteroatoms. The zero-order valence-electron chi connectivity index (χ0n) is 30.5. The van der Waals surface area contributed by atoms with Crippen LogP contribution in [0.2, 0.25) is 0 Å². The zero-order valence-corrected chi connectivity index (χ0v) is 30.5. The largest absolute Gasteiger partial charge is 0.312 e. The molecule has 0 saturated heterocycles. The van der Waals surface area contributed by atoms with Gasteiger partial charge in [0.05, 0.1) is 22.2 Å². The first-order chi connectivity index (χ1) is 27.8. The molecular formula is C51H35N5. The fourth-order valence-electron chi connectivity index (χ4n) is 8.45. The van der Waals surface area contributed by atoms with E-state index in [1.165, 1.54) is 38.5 Å². The summed E-state index contributed by atoms with van der Waals surface area (Å²) in [5.74, 6) is 1.89. The Bertz CT molecular complexity index is 3100. The van der Waals surface area contributed by atoms with Crippen molar-refractivity contribution in [1.29, 1.82) is 0 Å². The van der Waals surface area contributed by atoms with Gasteiger partial charge < -0.3 is 9.13 Å². The highest BCUT2D eigenvalue weighted by atomic mass is 15.1. The van der Waals surface area contributed by atoms with Crippen molar-refractivity contribution in [2.75, 3.05) is 0 Å². The predicted octanol–water partition coefficient (Wildman–Crippen LogP) is 12.5. The number of para-hydroxylation sites is 3. The van der Waals surface area contributed by atoms with Crippen LogP contribution in [0.25, 0.3) is 95.5 Å². The summed E-state index contributed by atoms with van der Waals surface area (Å²) in [7, 11) is 0. The molecule has 10 aromatic rings. The molecule has 7 aromatic carbocycles. The molecule has 0 bridgehead atoms. The third kappa shape index (κ3) is 5.28. The lowest BCUT2D eigenvalue weighted by atomic mass is 10.0. The Labute approximate surface area is 324 Å². The molecule has 3 heterocycles. The predicted molar refractivity (Wildman–Crippen MR) is 230 cm³/mol. The van der Waals surface area contributed by atoms with Gasteiger partial charge in [-0.05, 0) is 60.4 Å². The molecule has 0 amide bonds. The van der Waals surface area contributed by atoms with Crippen LogP contribution >= 0.6 is 0 Å². The summed E-state index contributed by atoms with van der Waals surface area (Å²) >= 11 is 0. The van der Waals surface area contributed by atoms with Crippen LogP contribution in [0.5, 0.6) is 0 Å². The highest BCUT2D eigenvalue weighted by Gasteiger charge is 2.25. The van der Waals surface area contributed by atoms with Gasteiger partial charge in [-0.15, -0.1) is 0 Å². The maximum Gasteiger partial charge on any atom is 0.166 e. The maximum absolute atomic E-state index is 5.37. The van der Waals surface area contributed by atoms with Crippen molar-refractivity contribution in [2.24, 2.45) is 0 Å². The van der Waals surface area contributed by atoms with Crippen molar-refractivity contribution < 1.29 is 0 Å². The summed E-state index contributed by atoms with van der Waals surface area (Å²) in [5.41, 5.74) is 13.3. The normalized spacial score (nSPS) is 12.4. The Morgan fingerprint density at radius 3 is 1.66 bits per heavy atom. The van der Waals surface area contributed by atoms with Crippen LogP contribution in [0.4, 0.5) is 0 Å². The maximum atomic E-state index is 5.37. The van der Waals surface area contributed by atoms with Crippen LogP contribution in [0, 0.1) is 0 Å². The van der Waals surface area contributed by atoms with Gasteiger partial charge in [0, 0.05) is 49.8 Å². The van der Waals surface area contributed by atoms with Crippen LogP contribution < -0.4 is 0 Å². The van der Waals surface area contributed by atoms with Gasteiger partial charge in [0.2, 0.25) is 0 Å². The van der Waals surface area contributed by atoms with Gasteiger partial charge in [0.25, 0.3) is 0 Å². The topological polar surface area (TPSA) is 48.5 Å². The number of nitrogens with zero attached hydrogens (tertiary/aromatic N) is 5. The number of allylic oxidation sites excluding steroid dienone is 1. The Morgan fingerprint density at radius 2 is 0.946 bits per heavy atom. The van der Waals surface area contributed by atoms with Crippen molar-refractivity contribution in [3.05, 3.63) is 193 Å². The van der Waals surface area contributed by atoms with E-state index in [-0.39, 0.29) is 0 Å². The van der Waals surface area contributed by atoms with Gasteiger partial charge in [-0.1, -0.05) is 152 Å². The molecule has 0 radical (unpaired) electrons. The van der Waals surface area contributed by atoms with E-state index < -0.39 is 0 Å². The average molecular weight is 718 g/mol. The van der Waals surface area contributed by atoms with Gasteiger partial charge >= 0.3 is 0 Å². The minimum atomic E-state index is 0.626. The third-order valence-electron chi connectivity index (χ3n) is 11.1. The molecule has 0 aliphatic heterocycles. The van der Waals surface area contributed by atoms with E-state index in [2.05, 4.69) is 173 Å². The Morgan fingerprint density at radius 1 is 0.411 bits per heavy atom. The second-order valence-corrected chi connectivity index (χ2v) is 14.3. The van der Waals surface area contributed by atoms with E-state index in [1.807, 2.05) is 24.3 Å². The van der Waals surface area contributed by atoms with Crippen LogP contribution in [0.15, 0.2) is 182 Å². The zero-order chi connectivity index (χ0) is 37.0. The van der Waals surface area contributed by atoms with Gasteiger partial charge in [-0.2, -0.15) is 0 Å². The lowest BCUT2D eigenvalue weighted by Crippen LogP contribution is -2.07. The van der Waals surface area contributed by atoms with Gasteiger partial charge in [-0.25, -0.2) is 15.0 Å². The third-order valence-corrected chi connectivity index (χ3v) is 11.1. The van der Waals surface area contributed by atoms with Crippen LogP contribution in [0.3, 0.4) is 0 Å². The van der Waals surface area contributed by atoms with Crippen molar-refractivity contribution in [2.45, 2.75) is 12.8 Å². The van der Waals surface area contributed by atoms with Gasteiger partial charge in [-0.3, -0.25) is 0 Å². The van der Waals surface area contributed by atoms with Crippen LogP contribution in [-0.4, -0.2) is 24.1 Å². The molecule has 3 aromatic heterocycles. The molecule has 5 nitrogen and oxygen atoms in total. The van der Waals surface area contributed by atoms with Crippen LogP contribution in [-0.2, 0) is 6.42 Å². The molecule has 0 spiro atoms. The first-order valence-corrected chi connectivity index (χ1v) is 19.2. The molecule has 0 fully saturated rings. The van der Waals surface area contributed by atoms with E-state index in [1.54, 1.807) is 0 Å². The molecule has 1 aliphatic rings. The Hall–Kier alpha value is -7.37. The average Bonchev–Trinajstić information content (AvgIpc) is 3.79. The molecule has 0 unspecified atom stereocenters. The number of aromatic nitrogens is 5. The number of hydrogen-bond acceptors (Lipinski definition) is 3. The monoisotopic (exact) mass is 717 g/mol. The highest BCUT2D eigenvalue weighted by Crippen LogP contribution is 2.42. The molecule has 11 rings (SSSR count). The highest BCUT2D eigenvalue weighted by molar-refractivity contribution is 6.11. The summed E-state index contributed by atoms with van der Waals surface area (Å²) in [6.07, 6.45) is 6.52. The lowest BCUT2D eigenvalue weighted by molar-refractivity contribution is 0.888. The van der Waals surface area contributed by atoms with Gasteiger partial charge in [0.15, 0.2) is 17.5 Å². The molecule has 0 N–H and O–H groups in total. The quantitative estimate of drug-likeness (QED) is 0.172. The summed E-state index contributed by atoms with van der Waals surface area (Å²) < 4.78 is 4.84. The van der Waals surface area contributed by atoms with Crippen LogP contribution in [0.1, 0.15) is 17.7 Å². The minimum Gasteiger partial charge on any atom is -0.312 e. The van der Waals surface area contributed by atoms with E-state index in [0.717, 1.165) is 57.5 Å². The molecule has 0 saturated carbocycles. The van der Waals surface area contributed by atoms with E-state index in [4.69, 9.17) is 15.0 Å². The summed E-state index contributed by atoms with van der Waals surface area (Å²) in [5, 5.41) is 3.62. The fraction of sp³-hybridized carbons (Fsp3) is 0.0392. The van der Waals surface area contributed by atoms with Crippen molar-refractivity contribution in [1.82, 2.24) is 24.1 Å². The number of benzene rings is 7. The number of rotatable bonds is 6. The molecular weight excluding hydrogens is 683 g/mol. The SMILES string of the molecule is C1=Cc2c(n(-c3cc4c5ccccc5n(-c5ccccc5)c4cc3-c3nc(-c4ccccc4)nc(-c4ccc(-c5ccccc5)cc4)n3)c3ccccc23)CC1.